The molecule has 3 nitrogen and oxygen atoms in total. The van der Waals surface area contributed by atoms with Gasteiger partial charge in [0.05, 0.1) is 18.0 Å². The van der Waals surface area contributed by atoms with E-state index >= 15 is 0 Å². The Labute approximate surface area is 153 Å². The number of piperidine rings is 1. The zero-order valence-corrected chi connectivity index (χ0v) is 16.1. The van der Waals surface area contributed by atoms with E-state index in [9.17, 15) is 13.2 Å². The van der Waals surface area contributed by atoms with Crippen LogP contribution in [0.3, 0.4) is 0 Å². The van der Waals surface area contributed by atoms with E-state index in [-0.39, 0.29) is 23.1 Å². The Hall–Kier alpha value is -1.39. The fraction of sp³-hybridized carbons (Fsp3) is 0.611. The molecule has 1 N–H and O–H groups in total. The summed E-state index contributed by atoms with van der Waals surface area (Å²) in [6, 6.07) is 2.23. The lowest BCUT2D eigenvalue weighted by atomic mass is 9.78. The molecule has 0 aromatic heterocycles. The third-order valence-electron chi connectivity index (χ3n) is 3.86. The molecule has 0 aromatic carbocycles. The summed E-state index contributed by atoms with van der Waals surface area (Å²) in [6.07, 6.45) is 5.35. The van der Waals surface area contributed by atoms with Crippen LogP contribution in [0.2, 0.25) is 0 Å². The molecule has 0 aromatic rings. The summed E-state index contributed by atoms with van der Waals surface area (Å²) in [5, 5.41) is 8.85. The molecule has 25 heavy (non-hydrogen) atoms. The van der Waals surface area contributed by atoms with Crippen molar-refractivity contribution >= 4 is 11.9 Å². The Bertz CT molecular complexity index is 499. The number of halogens is 3. The summed E-state index contributed by atoms with van der Waals surface area (Å²) in [6.45, 7) is 15.8. The molecule has 1 heterocycles. The van der Waals surface area contributed by atoms with Gasteiger partial charge in [-0.2, -0.15) is 18.4 Å². The highest BCUT2D eigenvalue weighted by Gasteiger charge is 2.30. The first-order valence-electron chi connectivity index (χ1n) is 8.29. The van der Waals surface area contributed by atoms with E-state index in [2.05, 4.69) is 35.8 Å². The molecule has 0 atom stereocenters. The Kier molecular flexibility index (Phi) is 10.6. The topological polar surface area (TPSA) is 39.1 Å². The first kappa shape index (κ1) is 23.6. The van der Waals surface area contributed by atoms with Crippen LogP contribution >= 0.6 is 11.9 Å². The molecule has 0 radical (unpaired) electrons. The van der Waals surface area contributed by atoms with Crippen LogP contribution in [0, 0.1) is 16.7 Å². The summed E-state index contributed by atoms with van der Waals surface area (Å²) in [4.78, 5) is 2.20. The molecule has 1 saturated heterocycles. The number of hydrogen-bond acceptors (Lipinski definition) is 4. The van der Waals surface area contributed by atoms with Gasteiger partial charge in [0, 0.05) is 18.7 Å². The zero-order valence-electron chi connectivity index (χ0n) is 15.2. The lowest BCUT2D eigenvalue weighted by Crippen LogP contribution is -2.39. The first-order chi connectivity index (χ1) is 11.7. The molecule has 7 heteroatoms. The largest absolute Gasteiger partial charge is 0.461 e. The SMILES string of the molecule is C=C/C(=C\C(=C)CN1CCC(C)(CC#N)CC1)NSC(F)(F)F.CC. The van der Waals surface area contributed by atoms with Gasteiger partial charge in [-0.25, -0.2) is 0 Å². The number of alkyl halides is 3. The van der Waals surface area contributed by atoms with E-state index < -0.39 is 5.51 Å². The molecule has 142 valence electrons. The molecular weight excluding hydrogens is 347 g/mol. The molecule has 1 fully saturated rings. The molecule has 0 saturated carbocycles. The minimum absolute atomic E-state index is 0.0691. The highest BCUT2D eigenvalue weighted by atomic mass is 32.2. The molecule has 0 amide bonds. The van der Waals surface area contributed by atoms with Gasteiger partial charge in [-0.05, 0) is 49.1 Å². The minimum atomic E-state index is -4.35. The van der Waals surface area contributed by atoms with Crippen LogP contribution in [-0.4, -0.2) is 30.0 Å². The standard InChI is InChI=1S/C16H22F3N3S.C2H6/c1-4-14(21-23-16(17,18)19)11-13(2)12-22-9-6-15(3,5-8-20)7-10-22;1-2/h4,11,21H,1-2,5-7,9-10,12H2,3H3;1-2H3/b14-11+;. The Morgan fingerprint density at radius 2 is 1.92 bits per heavy atom. The number of hydrogen-bond donors (Lipinski definition) is 1. The third-order valence-corrected chi connectivity index (χ3v) is 4.43. The molecule has 0 spiro atoms. The predicted molar refractivity (Wildman–Crippen MR) is 99.6 cm³/mol. The quantitative estimate of drug-likeness (QED) is 0.477. The van der Waals surface area contributed by atoms with Crippen molar-refractivity contribution < 1.29 is 13.2 Å². The summed E-state index contributed by atoms with van der Waals surface area (Å²) in [5.41, 5.74) is -3.27. The number of rotatable bonds is 7. The summed E-state index contributed by atoms with van der Waals surface area (Å²) >= 11 is -0.315. The van der Waals surface area contributed by atoms with Crippen LogP contribution in [-0.2, 0) is 0 Å². The van der Waals surface area contributed by atoms with Gasteiger partial charge in [-0.3, -0.25) is 4.90 Å². The van der Waals surface area contributed by atoms with Crippen LogP contribution in [0.1, 0.15) is 40.0 Å². The van der Waals surface area contributed by atoms with Crippen molar-refractivity contribution in [3.05, 3.63) is 36.6 Å². The maximum absolute atomic E-state index is 12.2. The van der Waals surface area contributed by atoms with Crippen molar-refractivity contribution in [2.24, 2.45) is 5.41 Å². The maximum Gasteiger partial charge on any atom is 0.461 e. The fourth-order valence-electron chi connectivity index (χ4n) is 2.42. The van der Waals surface area contributed by atoms with Gasteiger partial charge < -0.3 is 4.72 Å². The second-order valence-electron chi connectivity index (χ2n) is 6.03. The summed E-state index contributed by atoms with van der Waals surface area (Å²) < 4.78 is 38.8. The Morgan fingerprint density at radius 1 is 1.36 bits per heavy atom. The normalized spacial score (nSPS) is 17.7. The van der Waals surface area contributed by atoms with Crippen molar-refractivity contribution in [2.75, 3.05) is 19.6 Å². The minimum Gasteiger partial charge on any atom is -0.323 e. The van der Waals surface area contributed by atoms with E-state index in [0.717, 1.165) is 31.5 Å². The van der Waals surface area contributed by atoms with E-state index in [1.165, 1.54) is 6.08 Å². The van der Waals surface area contributed by atoms with Gasteiger partial charge in [0.2, 0.25) is 0 Å². The van der Waals surface area contributed by atoms with Gasteiger partial charge in [0.1, 0.15) is 0 Å². The molecule has 0 aliphatic carbocycles. The third kappa shape index (κ3) is 10.3. The van der Waals surface area contributed by atoms with Crippen LogP contribution < -0.4 is 4.72 Å². The van der Waals surface area contributed by atoms with E-state index in [1.54, 1.807) is 6.08 Å². The second kappa shape index (κ2) is 11.3. The van der Waals surface area contributed by atoms with Crippen LogP contribution in [0.5, 0.6) is 0 Å². The van der Waals surface area contributed by atoms with E-state index in [4.69, 9.17) is 5.26 Å². The fourth-order valence-corrected chi connectivity index (χ4v) is 2.79. The van der Waals surface area contributed by atoms with Crippen molar-refractivity contribution in [3.8, 4) is 6.07 Å². The lowest BCUT2D eigenvalue weighted by molar-refractivity contribution is -0.0333. The van der Waals surface area contributed by atoms with Crippen molar-refractivity contribution in [2.45, 2.75) is 45.5 Å². The Balaban J connectivity index is 0.00000277. The summed E-state index contributed by atoms with van der Waals surface area (Å²) in [5.74, 6) is 0. The average molecular weight is 376 g/mol. The smallest absolute Gasteiger partial charge is 0.323 e. The van der Waals surface area contributed by atoms with Crippen molar-refractivity contribution in [1.29, 1.82) is 5.26 Å². The first-order valence-corrected chi connectivity index (χ1v) is 9.11. The van der Waals surface area contributed by atoms with Crippen molar-refractivity contribution in [3.63, 3.8) is 0 Å². The maximum atomic E-state index is 12.2. The monoisotopic (exact) mass is 375 g/mol. The molecule has 1 rings (SSSR count). The number of nitrogens with one attached hydrogen (secondary N) is 1. The van der Waals surface area contributed by atoms with Gasteiger partial charge in [0.25, 0.3) is 0 Å². The Morgan fingerprint density at radius 3 is 2.36 bits per heavy atom. The van der Waals surface area contributed by atoms with Gasteiger partial charge in [-0.15, -0.1) is 0 Å². The highest BCUT2D eigenvalue weighted by Crippen LogP contribution is 2.34. The number of nitriles is 1. The highest BCUT2D eigenvalue weighted by molar-refractivity contribution is 7.98. The van der Waals surface area contributed by atoms with Crippen LogP contribution in [0.4, 0.5) is 13.2 Å². The van der Waals surface area contributed by atoms with Crippen LogP contribution in [0.15, 0.2) is 36.6 Å². The second-order valence-corrected chi connectivity index (χ2v) is 6.90. The average Bonchev–Trinajstić information content (AvgIpc) is 2.55. The zero-order chi connectivity index (χ0) is 19.5. The van der Waals surface area contributed by atoms with E-state index in [0.29, 0.717) is 13.0 Å². The predicted octanol–water partition coefficient (Wildman–Crippen LogP) is 5.41. The summed E-state index contributed by atoms with van der Waals surface area (Å²) in [7, 11) is 0. The lowest BCUT2D eigenvalue weighted by Gasteiger charge is -2.38. The van der Waals surface area contributed by atoms with E-state index in [1.807, 2.05) is 13.8 Å². The van der Waals surface area contributed by atoms with Crippen molar-refractivity contribution in [1.82, 2.24) is 9.62 Å². The van der Waals surface area contributed by atoms with Crippen LogP contribution in [0.25, 0.3) is 0 Å². The molecule has 1 aliphatic rings. The van der Waals surface area contributed by atoms with Gasteiger partial charge >= 0.3 is 5.51 Å². The van der Waals surface area contributed by atoms with Gasteiger partial charge in [0.15, 0.2) is 0 Å². The molecular formula is C18H28F3N3S. The number of nitrogens with zero attached hydrogens (tertiary/aromatic N) is 2. The molecule has 0 unspecified atom stereocenters. The number of likely N-dealkylation sites (tertiary alicyclic amines) is 1. The molecule has 0 bridgehead atoms. The number of allylic oxidation sites excluding steroid dienone is 1. The van der Waals surface area contributed by atoms with Gasteiger partial charge in [-0.1, -0.05) is 33.9 Å². The molecule has 1 aliphatic heterocycles.